The standard InChI is InChI=1S/C21H25FO5/c1-5-12(2)15-10-21(20(9-17(15)23)26-11-27-21)13(3)6-14-7-18(24)19(25-4)8-16(14)22/h5,7-9,12-13,15,24H,1,6,10-11H2,2-4H3. The molecule has 4 atom stereocenters. The maximum absolute atomic E-state index is 14.5. The van der Waals surface area contributed by atoms with Crippen LogP contribution in [0.1, 0.15) is 25.8 Å². The van der Waals surface area contributed by atoms with E-state index in [1.807, 2.05) is 13.8 Å². The highest BCUT2D eigenvalue weighted by Crippen LogP contribution is 2.47. The number of ketones is 1. The molecule has 1 aromatic rings. The Morgan fingerprint density at radius 1 is 1.48 bits per heavy atom. The van der Waals surface area contributed by atoms with Gasteiger partial charge in [-0.3, -0.25) is 4.79 Å². The number of hydrogen-bond acceptors (Lipinski definition) is 5. The number of ether oxygens (including phenoxy) is 3. The van der Waals surface area contributed by atoms with Crippen LogP contribution in [0.25, 0.3) is 0 Å². The van der Waals surface area contributed by atoms with E-state index in [9.17, 15) is 14.3 Å². The molecule has 1 heterocycles. The number of phenols is 1. The van der Waals surface area contributed by atoms with Gasteiger partial charge in [-0.05, 0) is 36.3 Å². The first kappa shape index (κ1) is 19.4. The number of rotatable bonds is 6. The largest absolute Gasteiger partial charge is 0.504 e. The molecule has 0 saturated carbocycles. The van der Waals surface area contributed by atoms with Crippen LogP contribution in [-0.4, -0.2) is 30.4 Å². The van der Waals surface area contributed by atoms with Crippen LogP contribution in [0, 0.1) is 23.6 Å². The zero-order valence-electron chi connectivity index (χ0n) is 15.8. The molecular weight excluding hydrogens is 351 g/mol. The number of carbonyl (C=O) groups excluding carboxylic acids is 1. The molecule has 4 unspecified atom stereocenters. The maximum Gasteiger partial charge on any atom is 0.189 e. The van der Waals surface area contributed by atoms with Gasteiger partial charge in [0.05, 0.1) is 7.11 Å². The summed E-state index contributed by atoms with van der Waals surface area (Å²) >= 11 is 0. The van der Waals surface area contributed by atoms with Gasteiger partial charge in [-0.1, -0.05) is 19.9 Å². The predicted octanol–water partition coefficient (Wildman–Crippen LogP) is 3.76. The Balaban J connectivity index is 1.91. The van der Waals surface area contributed by atoms with Gasteiger partial charge in [-0.25, -0.2) is 4.39 Å². The van der Waals surface area contributed by atoms with E-state index in [4.69, 9.17) is 14.2 Å². The van der Waals surface area contributed by atoms with Crippen molar-refractivity contribution in [2.24, 2.45) is 17.8 Å². The normalized spacial score (nSPS) is 26.6. The zero-order valence-corrected chi connectivity index (χ0v) is 15.8. The average molecular weight is 376 g/mol. The Morgan fingerprint density at radius 2 is 2.22 bits per heavy atom. The molecule has 27 heavy (non-hydrogen) atoms. The van der Waals surface area contributed by atoms with Gasteiger partial charge in [0.2, 0.25) is 0 Å². The van der Waals surface area contributed by atoms with Crippen molar-refractivity contribution in [2.75, 3.05) is 13.9 Å². The predicted molar refractivity (Wildman–Crippen MR) is 97.8 cm³/mol. The quantitative estimate of drug-likeness (QED) is 0.766. The number of halogens is 1. The smallest absolute Gasteiger partial charge is 0.189 e. The third kappa shape index (κ3) is 3.34. The summed E-state index contributed by atoms with van der Waals surface area (Å²) in [5.41, 5.74) is -0.437. The van der Waals surface area contributed by atoms with Crippen molar-refractivity contribution in [2.45, 2.75) is 32.3 Å². The van der Waals surface area contributed by atoms with Crippen LogP contribution >= 0.6 is 0 Å². The number of hydrogen-bond donors (Lipinski definition) is 1. The lowest BCUT2D eigenvalue weighted by Gasteiger charge is -2.39. The van der Waals surface area contributed by atoms with Crippen molar-refractivity contribution >= 4 is 5.78 Å². The van der Waals surface area contributed by atoms with E-state index in [2.05, 4.69) is 6.58 Å². The lowest BCUT2D eigenvalue weighted by molar-refractivity contribution is -0.124. The molecule has 1 N–H and O–H groups in total. The molecule has 1 fully saturated rings. The van der Waals surface area contributed by atoms with Crippen molar-refractivity contribution in [3.05, 3.63) is 48.0 Å². The molecule has 0 bridgehead atoms. The summed E-state index contributed by atoms with van der Waals surface area (Å²) in [6.45, 7) is 7.75. The third-order valence-electron chi connectivity index (χ3n) is 5.79. The van der Waals surface area contributed by atoms with Gasteiger partial charge in [0.25, 0.3) is 0 Å². The highest BCUT2D eigenvalue weighted by atomic mass is 19.1. The van der Waals surface area contributed by atoms with E-state index >= 15 is 0 Å². The molecule has 1 aliphatic heterocycles. The number of fused-ring (bicyclic) bond motifs is 1. The minimum Gasteiger partial charge on any atom is -0.504 e. The average Bonchev–Trinajstić information content (AvgIpc) is 3.06. The first-order valence-corrected chi connectivity index (χ1v) is 9.03. The highest BCUT2D eigenvalue weighted by Gasteiger charge is 2.52. The lowest BCUT2D eigenvalue weighted by atomic mass is 9.69. The van der Waals surface area contributed by atoms with E-state index in [1.165, 1.54) is 25.3 Å². The fourth-order valence-corrected chi connectivity index (χ4v) is 3.98. The van der Waals surface area contributed by atoms with Gasteiger partial charge in [-0.15, -0.1) is 6.58 Å². The highest BCUT2D eigenvalue weighted by molar-refractivity contribution is 5.94. The second kappa shape index (κ2) is 7.35. The summed E-state index contributed by atoms with van der Waals surface area (Å²) in [5, 5.41) is 9.99. The van der Waals surface area contributed by atoms with Crippen molar-refractivity contribution in [3.8, 4) is 11.5 Å². The van der Waals surface area contributed by atoms with Gasteiger partial charge in [0.15, 0.2) is 24.1 Å². The van der Waals surface area contributed by atoms with Crippen LogP contribution in [0.3, 0.4) is 0 Å². The Bertz CT molecular complexity index is 787. The molecule has 2 aliphatic rings. The first-order chi connectivity index (χ1) is 12.8. The van der Waals surface area contributed by atoms with E-state index in [-0.39, 0.29) is 41.8 Å². The minimum absolute atomic E-state index is 0.000928. The molecule has 0 aromatic heterocycles. The van der Waals surface area contributed by atoms with Gasteiger partial charge in [-0.2, -0.15) is 0 Å². The molecule has 146 valence electrons. The molecule has 5 nitrogen and oxygen atoms in total. The Hall–Kier alpha value is -2.34. The molecule has 0 radical (unpaired) electrons. The number of carbonyl (C=O) groups is 1. The molecule has 6 heteroatoms. The van der Waals surface area contributed by atoms with Gasteiger partial charge in [0, 0.05) is 18.1 Å². The monoisotopic (exact) mass is 376 g/mol. The first-order valence-electron chi connectivity index (χ1n) is 9.03. The SMILES string of the molecule is C=CC(C)C1CC2(C(C)Cc3cc(O)c(OC)cc3F)OCOC2=CC1=O. The molecule has 0 amide bonds. The van der Waals surface area contributed by atoms with Crippen molar-refractivity contribution in [3.63, 3.8) is 0 Å². The van der Waals surface area contributed by atoms with Crippen molar-refractivity contribution in [1.82, 2.24) is 0 Å². The summed E-state index contributed by atoms with van der Waals surface area (Å²) in [6.07, 6.45) is 4.04. The number of allylic oxidation sites excluding steroid dienone is 2. The fourth-order valence-electron chi connectivity index (χ4n) is 3.98. The Kier molecular flexibility index (Phi) is 5.29. The summed E-state index contributed by atoms with van der Waals surface area (Å²) < 4.78 is 31.0. The van der Waals surface area contributed by atoms with E-state index < -0.39 is 11.4 Å². The van der Waals surface area contributed by atoms with Crippen LogP contribution in [0.5, 0.6) is 11.5 Å². The molecule has 1 aliphatic carbocycles. The topological polar surface area (TPSA) is 65.0 Å². The minimum atomic E-state index is -0.794. The second-order valence-electron chi connectivity index (χ2n) is 7.33. The summed E-state index contributed by atoms with van der Waals surface area (Å²) in [5.74, 6) is -0.429. The molecule has 0 spiro atoms. The van der Waals surface area contributed by atoms with Gasteiger partial charge in [0.1, 0.15) is 17.2 Å². The fraction of sp³-hybridized carbons (Fsp3) is 0.476. The number of benzene rings is 1. The second-order valence-corrected chi connectivity index (χ2v) is 7.33. The van der Waals surface area contributed by atoms with Gasteiger partial charge >= 0.3 is 0 Å². The summed E-state index contributed by atoms with van der Waals surface area (Å²) in [4.78, 5) is 12.5. The van der Waals surface area contributed by atoms with Crippen LogP contribution in [0.4, 0.5) is 4.39 Å². The van der Waals surface area contributed by atoms with E-state index in [1.54, 1.807) is 6.08 Å². The third-order valence-corrected chi connectivity index (χ3v) is 5.79. The maximum atomic E-state index is 14.5. The lowest BCUT2D eigenvalue weighted by Crippen LogP contribution is -2.46. The van der Waals surface area contributed by atoms with Crippen molar-refractivity contribution < 1.29 is 28.5 Å². The van der Waals surface area contributed by atoms with Crippen LogP contribution in [0.15, 0.2) is 36.6 Å². The van der Waals surface area contributed by atoms with Crippen LogP contribution in [0.2, 0.25) is 0 Å². The summed E-state index contributed by atoms with van der Waals surface area (Å²) in [6, 6.07) is 2.54. The number of phenolic OH excluding ortho intramolecular Hbond substituents is 1. The Labute approximate surface area is 158 Å². The number of aromatic hydroxyl groups is 1. The Morgan fingerprint density at radius 3 is 2.89 bits per heavy atom. The van der Waals surface area contributed by atoms with Gasteiger partial charge < -0.3 is 19.3 Å². The van der Waals surface area contributed by atoms with Crippen LogP contribution < -0.4 is 4.74 Å². The molecule has 1 aromatic carbocycles. The molecular formula is C21H25FO5. The van der Waals surface area contributed by atoms with E-state index in [0.717, 1.165) is 0 Å². The van der Waals surface area contributed by atoms with E-state index in [0.29, 0.717) is 24.2 Å². The summed E-state index contributed by atoms with van der Waals surface area (Å²) in [7, 11) is 1.37. The molecule has 1 saturated heterocycles. The molecule has 3 rings (SSSR count). The van der Waals surface area contributed by atoms with Crippen LogP contribution in [-0.2, 0) is 20.7 Å². The zero-order chi connectivity index (χ0) is 19.8. The number of methoxy groups -OCH3 is 1. The van der Waals surface area contributed by atoms with Crippen molar-refractivity contribution in [1.29, 1.82) is 0 Å².